The summed E-state index contributed by atoms with van der Waals surface area (Å²) in [5.41, 5.74) is 3.30. The van der Waals surface area contributed by atoms with Crippen molar-refractivity contribution in [2.75, 3.05) is 32.1 Å². The average Bonchev–Trinajstić information content (AvgIpc) is 3.12. The van der Waals surface area contributed by atoms with Crippen LogP contribution >= 0.6 is 11.3 Å². The summed E-state index contributed by atoms with van der Waals surface area (Å²) in [4.78, 5) is 11.3. The van der Waals surface area contributed by atoms with Gasteiger partial charge >= 0.3 is 0 Å². The Morgan fingerprint density at radius 1 is 1.26 bits per heavy atom. The molecule has 2 aromatic rings. The van der Waals surface area contributed by atoms with Gasteiger partial charge in [-0.2, -0.15) is 0 Å². The third-order valence-electron chi connectivity index (χ3n) is 3.80. The smallest absolute Gasteiger partial charge is 0.191 e. The van der Waals surface area contributed by atoms with Gasteiger partial charge in [-0.1, -0.05) is 19.1 Å². The quantitative estimate of drug-likeness (QED) is 0.507. The third-order valence-corrected chi connectivity index (χ3v) is 4.85. The van der Waals surface area contributed by atoms with Crippen LogP contribution in [0.2, 0.25) is 0 Å². The second-order valence-corrected chi connectivity index (χ2v) is 7.36. The molecular weight excluding hydrogens is 358 g/mol. The monoisotopic (exact) mass is 389 g/mol. The lowest BCUT2D eigenvalue weighted by molar-refractivity contribution is 0.314. The highest BCUT2D eigenvalue weighted by atomic mass is 32.1. The first kappa shape index (κ1) is 21.0. The first-order valence-electron chi connectivity index (χ1n) is 9.39. The molecule has 0 saturated heterocycles. The number of hydrogen-bond acceptors (Lipinski definition) is 5. The lowest BCUT2D eigenvalue weighted by Gasteiger charge is -2.13. The Balaban J connectivity index is 2.04. The number of nitrogens with one attached hydrogen (secondary N) is 2. The molecule has 1 aromatic heterocycles. The molecule has 27 heavy (non-hydrogen) atoms. The number of ether oxygens (including phenoxy) is 1. The van der Waals surface area contributed by atoms with Gasteiger partial charge in [-0.3, -0.25) is 0 Å². The fraction of sp³-hybridized carbons (Fsp3) is 0.500. The van der Waals surface area contributed by atoms with Crippen LogP contribution in [0.3, 0.4) is 0 Å². The molecule has 7 heteroatoms. The maximum atomic E-state index is 5.89. The topological polar surface area (TPSA) is 61.8 Å². The van der Waals surface area contributed by atoms with Crippen molar-refractivity contribution in [2.24, 2.45) is 4.99 Å². The highest BCUT2D eigenvalue weighted by Gasteiger charge is 2.07. The van der Waals surface area contributed by atoms with Gasteiger partial charge in [0.2, 0.25) is 0 Å². The Hall–Kier alpha value is -2.28. The van der Waals surface area contributed by atoms with Crippen molar-refractivity contribution in [3.05, 3.63) is 40.4 Å². The number of benzene rings is 1. The predicted molar refractivity (Wildman–Crippen MR) is 115 cm³/mol. The lowest BCUT2D eigenvalue weighted by Crippen LogP contribution is -2.36. The first-order chi connectivity index (χ1) is 13.0. The van der Waals surface area contributed by atoms with Gasteiger partial charge in [0.05, 0.1) is 25.4 Å². The maximum absolute atomic E-state index is 5.89. The molecule has 1 aromatic carbocycles. The van der Waals surface area contributed by atoms with E-state index in [1.807, 2.05) is 19.0 Å². The lowest BCUT2D eigenvalue weighted by atomic mass is 10.1. The van der Waals surface area contributed by atoms with Crippen LogP contribution in [0, 0.1) is 6.92 Å². The van der Waals surface area contributed by atoms with Crippen molar-refractivity contribution in [1.29, 1.82) is 0 Å². The molecule has 2 N–H and O–H groups in total. The number of thiazole rings is 1. The van der Waals surface area contributed by atoms with Gasteiger partial charge in [0.15, 0.2) is 11.1 Å². The molecule has 6 nitrogen and oxygen atoms in total. The molecule has 0 aliphatic rings. The van der Waals surface area contributed by atoms with Gasteiger partial charge in [-0.15, -0.1) is 11.3 Å². The number of anilines is 1. The highest BCUT2D eigenvalue weighted by molar-refractivity contribution is 7.13. The minimum absolute atomic E-state index is 0.564. The molecule has 0 bridgehead atoms. The minimum Gasteiger partial charge on any atom is -0.493 e. The van der Waals surface area contributed by atoms with E-state index in [1.54, 1.807) is 11.3 Å². The average molecular weight is 390 g/mol. The predicted octanol–water partition coefficient (Wildman–Crippen LogP) is 3.56. The van der Waals surface area contributed by atoms with Gasteiger partial charge in [0.1, 0.15) is 5.75 Å². The van der Waals surface area contributed by atoms with Gasteiger partial charge < -0.3 is 20.3 Å². The molecule has 0 fully saturated rings. The molecule has 0 unspecified atom stereocenters. The van der Waals surface area contributed by atoms with Crippen molar-refractivity contribution in [3.8, 4) is 5.75 Å². The van der Waals surface area contributed by atoms with E-state index in [1.165, 1.54) is 5.56 Å². The zero-order chi connectivity index (χ0) is 19.6. The first-order valence-corrected chi connectivity index (χ1v) is 10.3. The molecule has 1 heterocycles. The Morgan fingerprint density at radius 2 is 2.07 bits per heavy atom. The number of aromatic nitrogens is 1. The van der Waals surface area contributed by atoms with E-state index in [4.69, 9.17) is 9.73 Å². The van der Waals surface area contributed by atoms with Crippen molar-refractivity contribution >= 4 is 22.4 Å². The summed E-state index contributed by atoms with van der Waals surface area (Å²) in [5, 5.41) is 9.72. The third kappa shape index (κ3) is 6.75. The van der Waals surface area contributed by atoms with Crippen molar-refractivity contribution in [2.45, 2.75) is 40.3 Å². The summed E-state index contributed by atoms with van der Waals surface area (Å²) >= 11 is 1.64. The summed E-state index contributed by atoms with van der Waals surface area (Å²) in [7, 11) is 4.00. The largest absolute Gasteiger partial charge is 0.493 e. The van der Waals surface area contributed by atoms with E-state index >= 15 is 0 Å². The normalized spacial score (nSPS) is 11.4. The van der Waals surface area contributed by atoms with E-state index in [9.17, 15) is 0 Å². The highest BCUT2D eigenvalue weighted by Crippen LogP contribution is 2.21. The zero-order valence-corrected chi connectivity index (χ0v) is 17.8. The summed E-state index contributed by atoms with van der Waals surface area (Å²) in [5.74, 6) is 1.70. The Bertz CT molecular complexity index is 742. The van der Waals surface area contributed by atoms with Gasteiger partial charge in [-0.05, 0) is 31.9 Å². The molecular formula is C20H31N5OS. The fourth-order valence-electron chi connectivity index (χ4n) is 2.40. The summed E-state index contributed by atoms with van der Waals surface area (Å²) in [6.45, 7) is 8.98. The van der Waals surface area contributed by atoms with E-state index in [2.05, 4.69) is 60.0 Å². The Labute approximate surface area is 166 Å². The van der Waals surface area contributed by atoms with Crippen molar-refractivity contribution < 1.29 is 4.74 Å². The maximum Gasteiger partial charge on any atom is 0.191 e. The molecule has 0 saturated carbocycles. The number of aryl methyl sites for hydroxylation is 1. The van der Waals surface area contributed by atoms with Crippen LogP contribution in [0.5, 0.6) is 5.75 Å². The standard InChI is InChI=1S/C20H31N5OS/c1-6-10-26-18-11-15(3)8-9-16(18)12-22-19(21-7-2)23-13-17-14-27-20(24-17)25(4)5/h8-9,11,14H,6-7,10,12-13H2,1-5H3,(H2,21,22,23). The van der Waals surface area contributed by atoms with Crippen molar-refractivity contribution in [3.63, 3.8) is 0 Å². The summed E-state index contributed by atoms with van der Waals surface area (Å²) < 4.78 is 5.89. The van der Waals surface area contributed by atoms with Crippen LogP contribution in [0.15, 0.2) is 28.6 Å². The Morgan fingerprint density at radius 3 is 2.74 bits per heavy atom. The minimum atomic E-state index is 0.564. The van der Waals surface area contributed by atoms with Crippen LogP contribution in [-0.4, -0.2) is 38.2 Å². The van der Waals surface area contributed by atoms with Crippen LogP contribution in [-0.2, 0) is 13.1 Å². The molecule has 0 spiro atoms. The molecule has 0 atom stereocenters. The van der Waals surface area contributed by atoms with E-state index < -0.39 is 0 Å². The molecule has 0 amide bonds. The van der Waals surface area contributed by atoms with Gasteiger partial charge in [0, 0.05) is 31.6 Å². The number of hydrogen-bond donors (Lipinski definition) is 2. The number of guanidine groups is 1. The Kier molecular flexibility index (Phi) is 8.39. The second kappa shape index (κ2) is 10.8. The van der Waals surface area contributed by atoms with Crippen LogP contribution in [0.1, 0.15) is 37.1 Å². The molecule has 148 valence electrons. The van der Waals surface area contributed by atoms with Crippen LogP contribution in [0.25, 0.3) is 0 Å². The van der Waals surface area contributed by atoms with Crippen molar-refractivity contribution in [1.82, 2.24) is 15.6 Å². The molecule has 2 rings (SSSR count). The number of aliphatic imine (C=N–C) groups is 1. The molecule has 0 radical (unpaired) electrons. The van der Waals surface area contributed by atoms with Gasteiger partial charge in [-0.25, -0.2) is 9.98 Å². The van der Waals surface area contributed by atoms with Gasteiger partial charge in [0.25, 0.3) is 0 Å². The number of nitrogens with zero attached hydrogens (tertiary/aromatic N) is 3. The second-order valence-electron chi connectivity index (χ2n) is 6.52. The van der Waals surface area contributed by atoms with E-state index in [0.717, 1.165) is 47.7 Å². The van der Waals surface area contributed by atoms with Crippen LogP contribution in [0.4, 0.5) is 5.13 Å². The number of rotatable bonds is 9. The summed E-state index contributed by atoms with van der Waals surface area (Å²) in [6, 6.07) is 6.28. The van der Waals surface area contributed by atoms with E-state index in [0.29, 0.717) is 13.1 Å². The van der Waals surface area contributed by atoms with E-state index in [-0.39, 0.29) is 0 Å². The molecule has 0 aliphatic heterocycles. The summed E-state index contributed by atoms with van der Waals surface area (Å²) in [6.07, 6.45) is 0.990. The fourth-order valence-corrected chi connectivity index (χ4v) is 3.16. The zero-order valence-electron chi connectivity index (χ0n) is 17.0. The van der Waals surface area contributed by atoms with Crippen LogP contribution < -0.4 is 20.3 Å². The SMILES string of the molecule is CCCOc1cc(C)ccc1CN=C(NCC)NCc1csc(N(C)C)n1. The molecule has 0 aliphatic carbocycles.